The summed E-state index contributed by atoms with van der Waals surface area (Å²) in [5, 5.41) is 19.1. The summed E-state index contributed by atoms with van der Waals surface area (Å²) < 4.78 is 5.62. The lowest BCUT2D eigenvalue weighted by molar-refractivity contribution is 0.0543. The van der Waals surface area contributed by atoms with Crippen LogP contribution >= 0.6 is 0 Å². The van der Waals surface area contributed by atoms with Crippen LogP contribution in [0.4, 0.5) is 0 Å². The fourth-order valence-electron chi connectivity index (χ4n) is 2.41. The smallest absolute Gasteiger partial charge is 0.119 e. The van der Waals surface area contributed by atoms with Gasteiger partial charge in [0, 0.05) is 19.1 Å². The summed E-state index contributed by atoms with van der Waals surface area (Å²) in [6.07, 6.45) is -0.564. The van der Waals surface area contributed by atoms with Crippen LogP contribution in [0.3, 0.4) is 0 Å². The minimum absolute atomic E-state index is 0.264. The molecule has 126 valence electrons. The lowest BCUT2D eigenvalue weighted by Gasteiger charge is -2.28. The van der Waals surface area contributed by atoms with E-state index >= 15 is 0 Å². The van der Waals surface area contributed by atoms with E-state index in [0.29, 0.717) is 18.2 Å². The summed E-state index contributed by atoms with van der Waals surface area (Å²) in [4.78, 5) is 2.19. The van der Waals surface area contributed by atoms with Gasteiger partial charge < -0.3 is 9.84 Å². The van der Waals surface area contributed by atoms with Gasteiger partial charge in [0.1, 0.15) is 18.5 Å². The zero-order valence-electron chi connectivity index (χ0n) is 14.2. The van der Waals surface area contributed by atoms with Gasteiger partial charge in [-0.3, -0.25) is 4.90 Å². The predicted molar refractivity (Wildman–Crippen MR) is 94.6 cm³/mol. The monoisotopic (exact) mass is 324 g/mol. The molecule has 0 saturated carbocycles. The molecule has 24 heavy (non-hydrogen) atoms. The van der Waals surface area contributed by atoms with Crippen molar-refractivity contribution in [1.29, 1.82) is 5.26 Å². The highest BCUT2D eigenvalue weighted by Gasteiger charge is 2.16. The molecule has 0 aromatic heterocycles. The molecule has 0 aliphatic rings. The van der Waals surface area contributed by atoms with E-state index in [1.54, 1.807) is 0 Å². The van der Waals surface area contributed by atoms with Crippen molar-refractivity contribution in [3.63, 3.8) is 0 Å². The lowest BCUT2D eigenvalue weighted by Crippen LogP contribution is -2.39. The maximum absolute atomic E-state index is 10.3. The minimum atomic E-state index is -0.564. The average molecular weight is 324 g/mol. The molecule has 2 aromatic carbocycles. The zero-order chi connectivity index (χ0) is 17.4. The molecule has 0 aliphatic heterocycles. The van der Waals surface area contributed by atoms with Crippen LogP contribution in [-0.2, 0) is 6.54 Å². The van der Waals surface area contributed by atoms with E-state index in [-0.39, 0.29) is 6.61 Å². The fourth-order valence-corrected chi connectivity index (χ4v) is 2.41. The highest BCUT2D eigenvalue weighted by molar-refractivity contribution is 5.31. The molecule has 1 unspecified atom stereocenters. The highest BCUT2D eigenvalue weighted by atomic mass is 16.5. The van der Waals surface area contributed by atoms with Gasteiger partial charge >= 0.3 is 0 Å². The van der Waals surface area contributed by atoms with Crippen LogP contribution in [0.2, 0.25) is 0 Å². The van der Waals surface area contributed by atoms with Crippen LogP contribution < -0.4 is 4.74 Å². The van der Waals surface area contributed by atoms with E-state index in [1.165, 1.54) is 0 Å². The van der Waals surface area contributed by atoms with E-state index in [1.807, 2.05) is 54.6 Å². The second kappa shape index (κ2) is 9.07. The predicted octanol–water partition coefficient (Wildman–Crippen LogP) is 3.21. The summed E-state index contributed by atoms with van der Waals surface area (Å²) in [5.41, 5.74) is 1.78. The van der Waals surface area contributed by atoms with Gasteiger partial charge in [-0.2, -0.15) is 5.26 Å². The third-order valence-electron chi connectivity index (χ3n) is 3.83. The summed E-state index contributed by atoms with van der Waals surface area (Å²) >= 11 is 0. The van der Waals surface area contributed by atoms with Gasteiger partial charge in [0.25, 0.3) is 0 Å². The number of hydrogen-bond donors (Lipinski definition) is 1. The third kappa shape index (κ3) is 5.69. The molecular formula is C20H24N2O2. The Labute approximate surface area is 143 Å². The van der Waals surface area contributed by atoms with Crippen molar-refractivity contribution in [1.82, 2.24) is 4.90 Å². The molecule has 1 N–H and O–H groups in total. The summed E-state index contributed by atoms with van der Waals surface area (Å²) in [7, 11) is 0. The van der Waals surface area contributed by atoms with E-state index in [0.717, 1.165) is 17.9 Å². The lowest BCUT2D eigenvalue weighted by atomic mass is 10.1. The van der Waals surface area contributed by atoms with E-state index in [4.69, 9.17) is 10.00 Å². The molecule has 0 amide bonds. The van der Waals surface area contributed by atoms with E-state index < -0.39 is 6.10 Å². The largest absolute Gasteiger partial charge is 0.491 e. The third-order valence-corrected chi connectivity index (χ3v) is 3.83. The first-order valence-corrected chi connectivity index (χ1v) is 8.17. The molecule has 0 fully saturated rings. The molecule has 0 aliphatic carbocycles. The molecule has 2 rings (SSSR count). The second-order valence-electron chi connectivity index (χ2n) is 6.11. The van der Waals surface area contributed by atoms with Gasteiger partial charge in [0.2, 0.25) is 0 Å². The van der Waals surface area contributed by atoms with E-state index in [9.17, 15) is 5.11 Å². The maximum atomic E-state index is 10.3. The number of rotatable bonds is 8. The summed E-state index contributed by atoms with van der Waals surface area (Å²) in [6.45, 7) is 5.74. The van der Waals surface area contributed by atoms with E-state index in [2.05, 4.69) is 24.8 Å². The Bertz CT molecular complexity index is 648. The average Bonchev–Trinajstić information content (AvgIpc) is 2.61. The number of para-hydroxylation sites is 1. The number of aliphatic hydroxyl groups excluding tert-OH is 1. The van der Waals surface area contributed by atoms with Gasteiger partial charge in [-0.15, -0.1) is 0 Å². The van der Waals surface area contributed by atoms with Crippen LogP contribution in [0, 0.1) is 11.3 Å². The first-order chi connectivity index (χ1) is 11.6. The number of hydrogen-bond acceptors (Lipinski definition) is 4. The number of benzene rings is 2. The Balaban J connectivity index is 1.88. The number of ether oxygens (including phenoxy) is 1. The SMILES string of the molecule is CC(C)N(Cc1ccc(C#N)cc1)CC(O)COc1ccccc1. The Morgan fingerprint density at radius 2 is 1.75 bits per heavy atom. The van der Waals surface area contributed by atoms with Crippen LogP contribution in [-0.4, -0.2) is 35.3 Å². The second-order valence-corrected chi connectivity index (χ2v) is 6.11. The van der Waals surface area contributed by atoms with Crippen molar-refractivity contribution in [2.75, 3.05) is 13.2 Å². The Hall–Kier alpha value is -2.35. The van der Waals surface area contributed by atoms with Crippen LogP contribution in [0.1, 0.15) is 25.0 Å². The molecule has 1 atom stereocenters. The zero-order valence-corrected chi connectivity index (χ0v) is 14.2. The first kappa shape index (κ1) is 18.0. The molecular weight excluding hydrogens is 300 g/mol. The van der Waals surface area contributed by atoms with Gasteiger partial charge in [0.05, 0.1) is 11.6 Å². The van der Waals surface area contributed by atoms with Gasteiger partial charge in [-0.25, -0.2) is 0 Å². The number of aliphatic hydroxyl groups is 1. The topological polar surface area (TPSA) is 56.5 Å². The number of nitriles is 1. The Morgan fingerprint density at radius 1 is 1.08 bits per heavy atom. The molecule has 4 nitrogen and oxygen atoms in total. The molecule has 0 bridgehead atoms. The molecule has 0 saturated heterocycles. The molecule has 4 heteroatoms. The molecule has 0 heterocycles. The fraction of sp³-hybridized carbons (Fsp3) is 0.350. The van der Waals surface area contributed by atoms with Gasteiger partial charge in [-0.1, -0.05) is 30.3 Å². The van der Waals surface area contributed by atoms with Crippen molar-refractivity contribution in [2.24, 2.45) is 0 Å². The van der Waals surface area contributed by atoms with Crippen molar-refractivity contribution in [3.05, 3.63) is 65.7 Å². The Kier molecular flexibility index (Phi) is 6.80. The van der Waals surface area contributed by atoms with Crippen molar-refractivity contribution in [2.45, 2.75) is 32.5 Å². The van der Waals surface area contributed by atoms with Crippen molar-refractivity contribution < 1.29 is 9.84 Å². The summed E-state index contributed by atoms with van der Waals surface area (Å²) in [5.74, 6) is 0.764. The van der Waals surface area contributed by atoms with Crippen molar-refractivity contribution >= 4 is 0 Å². The first-order valence-electron chi connectivity index (χ1n) is 8.17. The maximum Gasteiger partial charge on any atom is 0.119 e. The Morgan fingerprint density at radius 3 is 2.33 bits per heavy atom. The molecule has 2 aromatic rings. The summed E-state index contributed by atoms with van der Waals surface area (Å²) in [6, 6.07) is 19.5. The van der Waals surface area contributed by atoms with Crippen molar-refractivity contribution in [3.8, 4) is 11.8 Å². The van der Waals surface area contributed by atoms with Crippen LogP contribution in [0.15, 0.2) is 54.6 Å². The highest BCUT2D eigenvalue weighted by Crippen LogP contribution is 2.12. The normalized spacial score (nSPS) is 12.2. The molecule has 0 spiro atoms. The van der Waals surface area contributed by atoms with Crippen LogP contribution in [0.5, 0.6) is 5.75 Å². The van der Waals surface area contributed by atoms with Gasteiger partial charge in [-0.05, 0) is 43.7 Å². The standard InChI is InChI=1S/C20H24N2O2/c1-16(2)22(13-18-10-8-17(12-21)9-11-18)14-19(23)15-24-20-6-4-3-5-7-20/h3-11,16,19,23H,13-15H2,1-2H3. The minimum Gasteiger partial charge on any atom is -0.491 e. The number of nitrogens with zero attached hydrogens (tertiary/aromatic N) is 2. The molecule has 0 radical (unpaired) electrons. The van der Waals surface area contributed by atoms with Gasteiger partial charge in [0.15, 0.2) is 0 Å². The quantitative estimate of drug-likeness (QED) is 0.810. The van der Waals surface area contributed by atoms with Crippen LogP contribution in [0.25, 0.3) is 0 Å².